The zero-order valence-corrected chi connectivity index (χ0v) is 11.1. The maximum Gasteiger partial charge on any atom is 0.123 e. The van der Waals surface area contributed by atoms with Crippen LogP contribution in [0, 0.1) is 17.7 Å². The Morgan fingerprint density at radius 2 is 2.22 bits per heavy atom. The summed E-state index contributed by atoms with van der Waals surface area (Å²) in [7, 11) is 0. The molecule has 1 N–H and O–H groups in total. The SMILES string of the molecule is CCC[C@@H]1CCC[C@H]([C@@H](O)c2cccc(F)c2)C1. The zero-order chi connectivity index (χ0) is 13.0. The molecule has 0 aliphatic heterocycles. The Morgan fingerprint density at radius 1 is 1.39 bits per heavy atom. The fourth-order valence-corrected chi connectivity index (χ4v) is 3.25. The molecule has 0 unspecified atom stereocenters. The van der Waals surface area contributed by atoms with Gasteiger partial charge >= 0.3 is 0 Å². The molecule has 1 aliphatic carbocycles. The summed E-state index contributed by atoms with van der Waals surface area (Å²) in [4.78, 5) is 0. The molecule has 1 nitrogen and oxygen atoms in total. The van der Waals surface area contributed by atoms with E-state index in [1.165, 1.54) is 37.8 Å². The molecule has 1 fully saturated rings. The summed E-state index contributed by atoms with van der Waals surface area (Å²) in [6, 6.07) is 6.41. The number of hydrogen-bond acceptors (Lipinski definition) is 1. The van der Waals surface area contributed by atoms with Crippen LogP contribution in [0.25, 0.3) is 0 Å². The number of rotatable bonds is 4. The average Bonchev–Trinajstić information content (AvgIpc) is 2.39. The molecule has 2 heteroatoms. The molecule has 1 aromatic carbocycles. The third kappa shape index (κ3) is 3.32. The minimum absolute atomic E-state index is 0.257. The van der Waals surface area contributed by atoms with Crippen LogP contribution in [-0.4, -0.2) is 5.11 Å². The van der Waals surface area contributed by atoms with Crippen LogP contribution in [0.4, 0.5) is 4.39 Å². The molecule has 1 aliphatic rings. The molecule has 1 aromatic rings. The first-order valence-corrected chi connectivity index (χ1v) is 7.14. The van der Waals surface area contributed by atoms with Crippen molar-refractivity contribution >= 4 is 0 Å². The average molecular weight is 250 g/mol. The van der Waals surface area contributed by atoms with Crippen LogP contribution in [0.3, 0.4) is 0 Å². The van der Waals surface area contributed by atoms with Gasteiger partial charge in [-0.25, -0.2) is 4.39 Å². The van der Waals surface area contributed by atoms with Gasteiger partial charge in [-0.3, -0.25) is 0 Å². The summed E-state index contributed by atoms with van der Waals surface area (Å²) in [6.07, 6.45) is 6.62. The van der Waals surface area contributed by atoms with E-state index in [9.17, 15) is 9.50 Å². The number of benzene rings is 1. The van der Waals surface area contributed by atoms with Crippen LogP contribution in [-0.2, 0) is 0 Å². The molecular weight excluding hydrogens is 227 g/mol. The number of aliphatic hydroxyl groups excluding tert-OH is 1. The van der Waals surface area contributed by atoms with Crippen molar-refractivity contribution in [1.82, 2.24) is 0 Å². The van der Waals surface area contributed by atoms with E-state index < -0.39 is 6.10 Å². The molecule has 1 saturated carbocycles. The van der Waals surface area contributed by atoms with Crippen molar-refractivity contribution in [1.29, 1.82) is 0 Å². The van der Waals surface area contributed by atoms with Crippen molar-refractivity contribution in [2.24, 2.45) is 11.8 Å². The summed E-state index contributed by atoms with van der Waals surface area (Å²) < 4.78 is 13.2. The zero-order valence-electron chi connectivity index (χ0n) is 11.1. The van der Waals surface area contributed by atoms with Crippen molar-refractivity contribution < 1.29 is 9.50 Å². The highest BCUT2D eigenvalue weighted by Gasteiger charge is 2.27. The normalized spacial score (nSPS) is 25.9. The number of halogens is 1. The van der Waals surface area contributed by atoms with Gasteiger partial charge in [-0.2, -0.15) is 0 Å². The maximum absolute atomic E-state index is 13.2. The van der Waals surface area contributed by atoms with Crippen LogP contribution >= 0.6 is 0 Å². The highest BCUT2D eigenvalue weighted by molar-refractivity contribution is 5.19. The first-order valence-electron chi connectivity index (χ1n) is 7.14. The predicted molar refractivity (Wildman–Crippen MR) is 71.7 cm³/mol. The van der Waals surface area contributed by atoms with E-state index in [-0.39, 0.29) is 5.82 Å². The van der Waals surface area contributed by atoms with Crippen LogP contribution < -0.4 is 0 Å². The number of hydrogen-bond donors (Lipinski definition) is 1. The van der Waals surface area contributed by atoms with E-state index in [1.807, 2.05) is 6.07 Å². The van der Waals surface area contributed by atoms with Gasteiger partial charge in [0.05, 0.1) is 6.10 Å². The quantitative estimate of drug-likeness (QED) is 0.836. The Hall–Kier alpha value is -0.890. The number of aliphatic hydroxyl groups is 1. The predicted octanol–water partition coefficient (Wildman–Crippen LogP) is 4.47. The Kier molecular flexibility index (Phi) is 4.76. The monoisotopic (exact) mass is 250 g/mol. The van der Waals surface area contributed by atoms with E-state index in [1.54, 1.807) is 6.07 Å². The Balaban J connectivity index is 2.02. The lowest BCUT2D eigenvalue weighted by molar-refractivity contribution is 0.0665. The van der Waals surface area contributed by atoms with Crippen LogP contribution in [0.2, 0.25) is 0 Å². The molecule has 0 spiro atoms. The molecule has 18 heavy (non-hydrogen) atoms. The molecule has 0 aromatic heterocycles. The second kappa shape index (κ2) is 6.33. The van der Waals surface area contributed by atoms with Crippen LogP contribution in [0.5, 0.6) is 0 Å². The van der Waals surface area contributed by atoms with E-state index >= 15 is 0 Å². The highest BCUT2D eigenvalue weighted by Crippen LogP contribution is 2.38. The standard InChI is InChI=1S/C16H23FO/c1-2-5-12-6-3-7-13(10-12)16(18)14-8-4-9-15(17)11-14/h4,8-9,11-13,16,18H,2-3,5-7,10H2,1H3/t12-,13+,16-/m1/s1. The van der Waals surface area contributed by atoms with Crippen molar-refractivity contribution in [2.75, 3.05) is 0 Å². The third-order valence-electron chi connectivity index (χ3n) is 4.16. The second-order valence-corrected chi connectivity index (χ2v) is 5.58. The lowest BCUT2D eigenvalue weighted by Gasteiger charge is -2.32. The van der Waals surface area contributed by atoms with Crippen LogP contribution in [0.15, 0.2) is 24.3 Å². The molecule has 0 heterocycles. The van der Waals surface area contributed by atoms with E-state index in [0.717, 1.165) is 24.3 Å². The molecule has 0 bridgehead atoms. The van der Waals surface area contributed by atoms with E-state index in [0.29, 0.717) is 5.92 Å². The Bertz CT molecular complexity index is 375. The largest absolute Gasteiger partial charge is 0.388 e. The van der Waals surface area contributed by atoms with Crippen molar-refractivity contribution in [3.8, 4) is 0 Å². The summed E-state index contributed by atoms with van der Waals surface area (Å²) >= 11 is 0. The third-order valence-corrected chi connectivity index (χ3v) is 4.16. The van der Waals surface area contributed by atoms with Gasteiger partial charge < -0.3 is 5.11 Å². The molecule has 0 amide bonds. The van der Waals surface area contributed by atoms with Gasteiger partial charge in [-0.1, -0.05) is 44.7 Å². The van der Waals surface area contributed by atoms with Gasteiger partial charge in [0.15, 0.2) is 0 Å². The maximum atomic E-state index is 13.2. The first kappa shape index (κ1) is 13.5. The van der Waals surface area contributed by atoms with Crippen molar-refractivity contribution in [2.45, 2.75) is 51.6 Å². The van der Waals surface area contributed by atoms with Gasteiger partial charge in [0.2, 0.25) is 0 Å². The molecule has 100 valence electrons. The van der Waals surface area contributed by atoms with Gasteiger partial charge in [-0.05, 0) is 42.4 Å². The summed E-state index contributed by atoms with van der Waals surface area (Å²) in [5, 5.41) is 10.4. The lowest BCUT2D eigenvalue weighted by atomic mass is 9.76. The van der Waals surface area contributed by atoms with Crippen molar-refractivity contribution in [3.05, 3.63) is 35.6 Å². The highest BCUT2D eigenvalue weighted by atomic mass is 19.1. The summed E-state index contributed by atoms with van der Waals surface area (Å²) in [6.45, 7) is 2.21. The van der Waals surface area contributed by atoms with Gasteiger partial charge in [0, 0.05) is 0 Å². The molecular formula is C16H23FO. The van der Waals surface area contributed by atoms with Gasteiger partial charge in [0.1, 0.15) is 5.82 Å². The lowest BCUT2D eigenvalue weighted by Crippen LogP contribution is -2.21. The molecule has 0 radical (unpaired) electrons. The fraction of sp³-hybridized carbons (Fsp3) is 0.625. The van der Waals surface area contributed by atoms with Gasteiger partial charge in [0.25, 0.3) is 0 Å². The van der Waals surface area contributed by atoms with Crippen molar-refractivity contribution in [3.63, 3.8) is 0 Å². The minimum Gasteiger partial charge on any atom is -0.388 e. The topological polar surface area (TPSA) is 20.2 Å². The fourth-order valence-electron chi connectivity index (χ4n) is 3.25. The summed E-state index contributed by atoms with van der Waals surface area (Å²) in [5.41, 5.74) is 0.733. The Morgan fingerprint density at radius 3 is 2.94 bits per heavy atom. The second-order valence-electron chi connectivity index (χ2n) is 5.58. The smallest absolute Gasteiger partial charge is 0.123 e. The van der Waals surface area contributed by atoms with E-state index in [2.05, 4.69) is 6.92 Å². The van der Waals surface area contributed by atoms with E-state index in [4.69, 9.17) is 0 Å². The molecule has 2 rings (SSSR count). The molecule has 3 atom stereocenters. The Labute approximate surface area is 109 Å². The first-order chi connectivity index (χ1) is 8.70. The molecule has 0 saturated heterocycles. The minimum atomic E-state index is -0.500. The van der Waals surface area contributed by atoms with Crippen LogP contribution in [0.1, 0.15) is 57.1 Å². The van der Waals surface area contributed by atoms with Gasteiger partial charge in [-0.15, -0.1) is 0 Å². The summed E-state index contributed by atoms with van der Waals surface area (Å²) in [5.74, 6) is 0.793.